The summed E-state index contributed by atoms with van der Waals surface area (Å²) in [6.45, 7) is 0. The smallest absolute Gasteiger partial charge is 0.288 e. The molecule has 6 heteroatoms. The summed E-state index contributed by atoms with van der Waals surface area (Å²) in [6.07, 6.45) is 0. The van der Waals surface area contributed by atoms with Crippen molar-refractivity contribution in [3.63, 3.8) is 0 Å². The van der Waals surface area contributed by atoms with Gasteiger partial charge in [-0.05, 0) is 24.3 Å². The first-order valence-electron chi connectivity index (χ1n) is 4.02. The van der Waals surface area contributed by atoms with E-state index in [2.05, 4.69) is 21.2 Å². The van der Waals surface area contributed by atoms with Crippen LogP contribution < -0.4 is 5.32 Å². The zero-order valence-corrected chi connectivity index (χ0v) is 9.95. The second kappa shape index (κ2) is 6.07. The first-order valence-corrected chi connectivity index (χ1v) is 6.02. The van der Waals surface area contributed by atoms with E-state index in [0.29, 0.717) is 22.3 Å². The topological polar surface area (TPSA) is 29.1 Å². The summed E-state index contributed by atoms with van der Waals surface area (Å²) < 4.78 is 23.9. The van der Waals surface area contributed by atoms with Gasteiger partial charge in [0.15, 0.2) is 0 Å². The molecule has 1 aromatic carbocycles. The van der Waals surface area contributed by atoms with Crippen molar-refractivity contribution in [2.24, 2.45) is 0 Å². The van der Waals surface area contributed by atoms with E-state index in [4.69, 9.17) is 0 Å². The van der Waals surface area contributed by atoms with Gasteiger partial charge in [-0.2, -0.15) is 8.78 Å². The summed E-state index contributed by atoms with van der Waals surface area (Å²) in [4.78, 5) is 11.4. The second-order valence-electron chi connectivity index (χ2n) is 2.58. The maximum absolute atomic E-state index is 12.0. The summed E-state index contributed by atoms with van der Waals surface area (Å²) >= 11 is 3.48. The molecule has 0 saturated heterocycles. The molecule has 1 N–H and O–H groups in total. The van der Waals surface area contributed by atoms with Crippen LogP contribution in [0.1, 0.15) is 0 Å². The molecule has 0 aliphatic carbocycles. The Morgan fingerprint density at radius 2 is 2.00 bits per heavy atom. The molecule has 15 heavy (non-hydrogen) atoms. The molecule has 0 bridgehead atoms. The van der Waals surface area contributed by atoms with Crippen LogP contribution in [-0.2, 0) is 4.79 Å². The Labute approximate surface area is 98.6 Å². The number of hydrogen-bond acceptors (Lipinski definition) is 2. The Balaban J connectivity index is 2.60. The van der Waals surface area contributed by atoms with Gasteiger partial charge < -0.3 is 5.32 Å². The van der Waals surface area contributed by atoms with Crippen LogP contribution >= 0.6 is 27.7 Å². The summed E-state index contributed by atoms with van der Waals surface area (Å²) in [7, 11) is 0. The predicted octanol–water partition coefficient (Wildman–Crippen LogP) is 3.33. The quantitative estimate of drug-likeness (QED) is 0.682. The fraction of sp³-hybridized carbons (Fsp3) is 0.222. The molecule has 1 aromatic rings. The first-order chi connectivity index (χ1) is 7.11. The molecule has 0 atom stereocenters. The molecule has 2 nitrogen and oxygen atoms in total. The highest BCUT2D eigenvalue weighted by atomic mass is 79.9. The number of rotatable bonds is 4. The number of hydrogen-bond donors (Lipinski definition) is 1. The van der Waals surface area contributed by atoms with Gasteiger partial charge in [0, 0.05) is 10.6 Å². The molecule has 0 spiro atoms. The average molecular weight is 296 g/mol. The van der Waals surface area contributed by atoms with E-state index in [0.717, 1.165) is 0 Å². The fourth-order valence-corrected chi connectivity index (χ4v) is 1.55. The number of amides is 1. The molecule has 0 unspecified atom stereocenters. The van der Waals surface area contributed by atoms with Crippen LogP contribution in [0.25, 0.3) is 0 Å². The lowest BCUT2D eigenvalue weighted by Gasteiger charge is -2.04. The molecular weight excluding hydrogens is 288 g/mol. The van der Waals surface area contributed by atoms with Gasteiger partial charge in [-0.1, -0.05) is 27.7 Å². The maximum Gasteiger partial charge on any atom is 0.288 e. The van der Waals surface area contributed by atoms with Gasteiger partial charge in [0.25, 0.3) is 5.76 Å². The lowest BCUT2D eigenvalue weighted by molar-refractivity contribution is -0.113. The maximum atomic E-state index is 12.0. The number of carbonyl (C=O) groups excluding carboxylic acids is 1. The Kier molecular flexibility index (Phi) is 5.04. The number of nitrogens with one attached hydrogen (secondary N) is 1. The molecule has 1 rings (SSSR count). The zero-order valence-electron chi connectivity index (χ0n) is 7.54. The Morgan fingerprint density at radius 3 is 2.47 bits per heavy atom. The Hall–Kier alpha value is -0.620. The van der Waals surface area contributed by atoms with Crippen molar-refractivity contribution in [1.29, 1.82) is 0 Å². The molecule has 0 fully saturated rings. The summed E-state index contributed by atoms with van der Waals surface area (Å²) in [5.41, 5.74) is 0.595. The minimum atomic E-state index is -2.42. The number of thioether (sulfide) groups is 1. The van der Waals surface area contributed by atoms with Gasteiger partial charge in [-0.25, -0.2) is 0 Å². The first kappa shape index (κ1) is 12.4. The number of halogens is 3. The molecule has 82 valence electrons. The van der Waals surface area contributed by atoms with Crippen molar-refractivity contribution >= 4 is 39.3 Å². The molecule has 1 amide bonds. The highest BCUT2D eigenvalue weighted by Gasteiger charge is 2.05. The number of benzene rings is 1. The van der Waals surface area contributed by atoms with E-state index in [1.54, 1.807) is 24.3 Å². The number of alkyl halides is 3. The van der Waals surface area contributed by atoms with Crippen LogP contribution in [0.3, 0.4) is 0 Å². The highest BCUT2D eigenvalue weighted by Crippen LogP contribution is 2.26. The van der Waals surface area contributed by atoms with Gasteiger partial charge in [0.05, 0.1) is 5.33 Å². The van der Waals surface area contributed by atoms with Crippen LogP contribution in [0.2, 0.25) is 0 Å². The van der Waals surface area contributed by atoms with E-state index < -0.39 is 5.76 Å². The number of anilines is 1. The molecule has 0 saturated carbocycles. The average Bonchev–Trinajstić information content (AvgIpc) is 2.20. The van der Waals surface area contributed by atoms with E-state index >= 15 is 0 Å². The van der Waals surface area contributed by atoms with Crippen LogP contribution in [0.5, 0.6) is 0 Å². The monoisotopic (exact) mass is 295 g/mol. The van der Waals surface area contributed by atoms with Gasteiger partial charge in [-0.3, -0.25) is 4.79 Å². The lowest BCUT2D eigenvalue weighted by Crippen LogP contribution is -2.11. The number of carbonyl (C=O) groups is 1. The van der Waals surface area contributed by atoms with Crippen LogP contribution in [0.15, 0.2) is 29.2 Å². The highest BCUT2D eigenvalue weighted by molar-refractivity contribution is 9.09. The molecule has 0 aliphatic heterocycles. The molecule has 0 aliphatic rings. The minimum absolute atomic E-state index is 0.177. The standard InChI is InChI=1S/C9H8BrF2NOS/c10-5-8(14)13-6-1-3-7(4-2-6)15-9(11)12/h1-4,9H,5H2,(H,13,14). The molecular formula is C9H8BrF2NOS. The van der Waals surface area contributed by atoms with Crippen LogP contribution in [0.4, 0.5) is 14.5 Å². The molecule has 0 heterocycles. The van der Waals surface area contributed by atoms with Crippen molar-refractivity contribution in [3.8, 4) is 0 Å². The largest absolute Gasteiger partial charge is 0.325 e. The van der Waals surface area contributed by atoms with Crippen LogP contribution in [-0.4, -0.2) is 17.0 Å². The SMILES string of the molecule is O=C(CBr)Nc1ccc(SC(F)F)cc1. The van der Waals surface area contributed by atoms with Gasteiger partial charge in [-0.15, -0.1) is 0 Å². The van der Waals surface area contributed by atoms with Crippen molar-refractivity contribution in [3.05, 3.63) is 24.3 Å². The van der Waals surface area contributed by atoms with Crippen molar-refractivity contribution in [2.45, 2.75) is 10.7 Å². The predicted molar refractivity (Wildman–Crippen MR) is 60.7 cm³/mol. The van der Waals surface area contributed by atoms with E-state index in [1.807, 2.05) is 0 Å². The van der Waals surface area contributed by atoms with Gasteiger partial charge in [0.2, 0.25) is 5.91 Å². The second-order valence-corrected chi connectivity index (χ2v) is 4.21. The normalized spacial score (nSPS) is 10.4. The lowest BCUT2D eigenvalue weighted by atomic mass is 10.3. The fourth-order valence-electron chi connectivity index (χ4n) is 0.914. The Bertz CT molecular complexity index is 331. The van der Waals surface area contributed by atoms with Crippen molar-refractivity contribution < 1.29 is 13.6 Å². The summed E-state index contributed by atoms with van der Waals surface area (Å²) in [5, 5.41) is 2.80. The Morgan fingerprint density at radius 1 is 1.40 bits per heavy atom. The van der Waals surface area contributed by atoms with Crippen LogP contribution in [0, 0.1) is 0 Å². The van der Waals surface area contributed by atoms with E-state index in [1.165, 1.54) is 0 Å². The van der Waals surface area contributed by atoms with Crippen molar-refractivity contribution in [2.75, 3.05) is 10.6 Å². The molecule has 0 aromatic heterocycles. The van der Waals surface area contributed by atoms with Gasteiger partial charge >= 0.3 is 0 Å². The van der Waals surface area contributed by atoms with Crippen molar-refractivity contribution in [1.82, 2.24) is 0 Å². The summed E-state index contributed by atoms with van der Waals surface area (Å²) in [6, 6.07) is 6.26. The van der Waals surface area contributed by atoms with Gasteiger partial charge in [0.1, 0.15) is 0 Å². The molecule has 0 radical (unpaired) electrons. The third kappa shape index (κ3) is 4.61. The van der Waals surface area contributed by atoms with E-state index in [-0.39, 0.29) is 11.2 Å². The zero-order chi connectivity index (χ0) is 11.3. The minimum Gasteiger partial charge on any atom is -0.325 e. The van der Waals surface area contributed by atoms with E-state index in [9.17, 15) is 13.6 Å². The third-order valence-electron chi connectivity index (χ3n) is 1.48. The third-order valence-corrected chi connectivity index (χ3v) is 2.72. The summed E-state index contributed by atoms with van der Waals surface area (Å²) in [5.74, 6) is -2.60.